The largest absolute Gasteiger partial charge is 0.495 e. The molecule has 0 saturated carbocycles. The summed E-state index contributed by atoms with van der Waals surface area (Å²) in [5.74, 6) is -0.346. The fourth-order valence-electron chi connectivity index (χ4n) is 2.90. The van der Waals surface area contributed by atoms with Crippen molar-refractivity contribution in [2.75, 3.05) is 0 Å². The van der Waals surface area contributed by atoms with Crippen molar-refractivity contribution in [3.63, 3.8) is 0 Å². The number of Topliss-reactive ketones (excluding diaryl/α,β-unsaturated/α-hetero) is 1. The summed E-state index contributed by atoms with van der Waals surface area (Å²) in [6.45, 7) is 23.1. The standard InChI is InChI=1S/C18H40O6Si3/c1-17(2,3)15(19)13-14-16(20)21-25(7,8)23-27(11,12)24-26(9,10)22-18(4,5)6/h13-14H2,1-12H3. The maximum absolute atomic E-state index is 12.2. The Balaban J connectivity index is 4.79. The molecule has 0 N–H and O–H groups in total. The second kappa shape index (κ2) is 9.00. The van der Waals surface area contributed by atoms with E-state index in [1.54, 1.807) is 0 Å². The third-order valence-corrected chi connectivity index (χ3v) is 13.0. The maximum atomic E-state index is 12.2. The lowest BCUT2D eigenvalue weighted by Crippen LogP contribution is -2.56. The first kappa shape index (κ1) is 26.7. The fourth-order valence-corrected chi connectivity index (χ4v) is 15.4. The van der Waals surface area contributed by atoms with Crippen molar-refractivity contribution in [2.45, 2.75) is 99.3 Å². The van der Waals surface area contributed by atoms with Crippen LogP contribution in [0.1, 0.15) is 54.4 Å². The normalized spacial score (nSPS) is 14.2. The van der Waals surface area contributed by atoms with Gasteiger partial charge < -0.3 is 17.1 Å². The van der Waals surface area contributed by atoms with Crippen molar-refractivity contribution in [3.8, 4) is 0 Å². The van der Waals surface area contributed by atoms with Crippen molar-refractivity contribution in [1.82, 2.24) is 0 Å². The molecule has 0 fully saturated rings. The highest BCUT2D eigenvalue weighted by Gasteiger charge is 2.44. The average Bonchev–Trinajstić information content (AvgIpc) is 2.26. The number of hydrogen-bond acceptors (Lipinski definition) is 6. The number of carbonyl (C=O) groups excluding carboxylic acids is 2. The number of ketones is 1. The van der Waals surface area contributed by atoms with Crippen LogP contribution in [0.3, 0.4) is 0 Å². The molecule has 9 heteroatoms. The van der Waals surface area contributed by atoms with E-state index < -0.39 is 37.1 Å². The molecule has 0 aliphatic heterocycles. The van der Waals surface area contributed by atoms with Gasteiger partial charge in [0, 0.05) is 11.8 Å². The topological polar surface area (TPSA) is 71.1 Å². The van der Waals surface area contributed by atoms with Crippen LogP contribution in [-0.4, -0.2) is 43.0 Å². The molecule has 0 atom stereocenters. The van der Waals surface area contributed by atoms with E-state index in [0.29, 0.717) is 0 Å². The first-order chi connectivity index (χ1) is 11.6. The number of carbonyl (C=O) groups is 2. The summed E-state index contributed by atoms with van der Waals surface area (Å²) in [5.41, 5.74) is -0.741. The summed E-state index contributed by atoms with van der Waals surface area (Å²) in [4.78, 5) is 24.2. The number of rotatable bonds is 9. The minimum absolute atomic E-state index is 0.0463. The summed E-state index contributed by atoms with van der Waals surface area (Å²) < 4.78 is 24.2. The van der Waals surface area contributed by atoms with Gasteiger partial charge >= 0.3 is 25.7 Å². The molecule has 0 radical (unpaired) electrons. The summed E-state index contributed by atoms with van der Waals surface area (Å²) in [5, 5.41) is 0. The van der Waals surface area contributed by atoms with E-state index in [0.717, 1.165) is 0 Å². The molecule has 0 aromatic rings. The molecule has 6 nitrogen and oxygen atoms in total. The summed E-state index contributed by atoms with van der Waals surface area (Å²) in [7, 11) is -7.69. The van der Waals surface area contributed by atoms with Gasteiger partial charge in [0.25, 0.3) is 5.97 Å². The molecule has 160 valence electrons. The molecule has 0 aliphatic carbocycles. The van der Waals surface area contributed by atoms with Crippen LogP contribution in [0.15, 0.2) is 0 Å². The molecule has 0 aliphatic rings. The Labute approximate surface area is 169 Å². The Morgan fingerprint density at radius 2 is 1.15 bits per heavy atom. The average molecular weight is 437 g/mol. The predicted octanol–water partition coefficient (Wildman–Crippen LogP) is 4.88. The maximum Gasteiger partial charge on any atom is 0.386 e. The van der Waals surface area contributed by atoms with Crippen LogP contribution >= 0.6 is 0 Å². The molecule has 0 rings (SSSR count). The van der Waals surface area contributed by atoms with E-state index in [1.165, 1.54) is 0 Å². The number of hydrogen-bond donors (Lipinski definition) is 0. The first-order valence-electron chi connectivity index (χ1n) is 9.50. The Morgan fingerprint density at radius 3 is 1.56 bits per heavy atom. The molecule has 0 saturated heterocycles. The van der Waals surface area contributed by atoms with E-state index in [4.69, 9.17) is 17.1 Å². The van der Waals surface area contributed by atoms with Crippen LogP contribution < -0.4 is 0 Å². The lowest BCUT2D eigenvalue weighted by Gasteiger charge is -2.39. The van der Waals surface area contributed by atoms with Crippen LogP contribution in [0.5, 0.6) is 0 Å². The van der Waals surface area contributed by atoms with E-state index in [2.05, 4.69) is 0 Å². The smallest absolute Gasteiger partial charge is 0.386 e. The minimum Gasteiger partial charge on any atom is -0.495 e. The molecule has 0 aromatic heterocycles. The van der Waals surface area contributed by atoms with Crippen molar-refractivity contribution < 1.29 is 26.7 Å². The molecule has 0 spiro atoms. The van der Waals surface area contributed by atoms with Gasteiger partial charge in [-0.1, -0.05) is 20.8 Å². The summed E-state index contributed by atoms with van der Waals surface area (Å²) >= 11 is 0. The Kier molecular flexibility index (Phi) is 8.89. The Hall–Kier alpha value is -0.329. The van der Waals surface area contributed by atoms with Crippen LogP contribution in [0, 0.1) is 5.41 Å². The van der Waals surface area contributed by atoms with Gasteiger partial charge in [-0.2, -0.15) is 0 Å². The van der Waals surface area contributed by atoms with Gasteiger partial charge in [0.1, 0.15) is 5.78 Å². The van der Waals surface area contributed by atoms with E-state index >= 15 is 0 Å². The Morgan fingerprint density at radius 1 is 0.704 bits per heavy atom. The van der Waals surface area contributed by atoms with Crippen molar-refractivity contribution >= 4 is 37.4 Å². The summed E-state index contributed by atoms with van der Waals surface area (Å²) in [6, 6.07) is 0. The molecule has 0 aromatic carbocycles. The van der Waals surface area contributed by atoms with Gasteiger partial charge in [-0.15, -0.1) is 0 Å². The highest BCUT2D eigenvalue weighted by Crippen LogP contribution is 2.25. The van der Waals surface area contributed by atoms with E-state index in [9.17, 15) is 9.59 Å². The zero-order valence-corrected chi connectivity index (χ0v) is 22.4. The van der Waals surface area contributed by atoms with Gasteiger partial charge in [-0.05, 0) is 60.1 Å². The molecular formula is C18H40O6Si3. The molecule has 0 unspecified atom stereocenters. The SMILES string of the molecule is CC(C)(C)O[Si](C)(C)O[Si](C)(C)O[Si](C)(C)OC(=O)CCC(=O)C(C)(C)C. The first-order valence-corrected chi connectivity index (χ1v) is 17.9. The second-order valence-electron chi connectivity index (χ2n) is 10.3. The third kappa shape index (κ3) is 12.7. The monoisotopic (exact) mass is 436 g/mol. The van der Waals surface area contributed by atoms with Gasteiger partial charge in [-0.25, -0.2) is 0 Å². The third-order valence-electron chi connectivity index (χ3n) is 3.29. The van der Waals surface area contributed by atoms with Gasteiger partial charge in [0.2, 0.25) is 0 Å². The minimum atomic E-state index is -2.74. The van der Waals surface area contributed by atoms with Gasteiger partial charge in [-0.3, -0.25) is 9.59 Å². The fraction of sp³-hybridized carbons (Fsp3) is 0.889. The summed E-state index contributed by atoms with van der Waals surface area (Å²) in [6.07, 6.45) is 0.260. The van der Waals surface area contributed by atoms with Crippen LogP contribution in [-0.2, 0) is 26.7 Å². The van der Waals surface area contributed by atoms with Crippen LogP contribution in [0.2, 0.25) is 39.3 Å². The van der Waals surface area contributed by atoms with E-state index in [-0.39, 0.29) is 24.2 Å². The molecular weight excluding hydrogens is 396 g/mol. The predicted molar refractivity (Wildman–Crippen MR) is 115 cm³/mol. The van der Waals surface area contributed by atoms with Crippen LogP contribution in [0.25, 0.3) is 0 Å². The van der Waals surface area contributed by atoms with Crippen molar-refractivity contribution in [1.29, 1.82) is 0 Å². The Bertz CT molecular complexity index is 530. The molecule has 27 heavy (non-hydrogen) atoms. The molecule has 0 amide bonds. The van der Waals surface area contributed by atoms with Crippen molar-refractivity contribution in [2.24, 2.45) is 5.41 Å². The van der Waals surface area contributed by atoms with Crippen molar-refractivity contribution in [3.05, 3.63) is 0 Å². The lowest BCUT2D eigenvalue weighted by molar-refractivity contribution is -0.138. The zero-order chi connectivity index (χ0) is 21.9. The quantitative estimate of drug-likeness (QED) is 0.480. The van der Waals surface area contributed by atoms with Crippen LogP contribution in [0.4, 0.5) is 0 Å². The lowest BCUT2D eigenvalue weighted by atomic mass is 9.88. The molecule has 0 bridgehead atoms. The van der Waals surface area contributed by atoms with Gasteiger partial charge in [0.05, 0.1) is 12.0 Å². The highest BCUT2D eigenvalue weighted by molar-refractivity contribution is 6.84. The highest BCUT2D eigenvalue weighted by atomic mass is 28.5. The second-order valence-corrected chi connectivity index (χ2v) is 20.7. The van der Waals surface area contributed by atoms with Gasteiger partial charge in [0.15, 0.2) is 0 Å². The molecule has 0 heterocycles. The zero-order valence-electron chi connectivity index (χ0n) is 19.4. The van der Waals surface area contributed by atoms with E-state index in [1.807, 2.05) is 80.8 Å².